The molecule has 3 nitrogen and oxygen atoms in total. The van der Waals surface area contributed by atoms with Crippen molar-refractivity contribution in [3.05, 3.63) is 54.4 Å². The number of hydrogen-bond donors (Lipinski definition) is 1. The molecule has 170 valence electrons. The SMILES string of the molecule is CCCCCCCCCCCCSSCc1cccc[n+]1-c1nc2ccccc2[nH]1.[Cl-]. The van der Waals surface area contributed by atoms with Crippen LogP contribution in [0.3, 0.4) is 0 Å². The number of pyridine rings is 1. The van der Waals surface area contributed by atoms with Crippen molar-refractivity contribution >= 4 is 32.6 Å². The second-order valence-corrected chi connectivity index (χ2v) is 10.5. The minimum Gasteiger partial charge on any atom is -1.00 e. The van der Waals surface area contributed by atoms with Gasteiger partial charge in [-0.3, -0.25) is 0 Å². The number of nitrogens with zero attached hydrogens (tertiary/aromatic N) is 2. The van der Waals surface area contributed by atoms with E-state index in [1.54, 1.807) is 0 Å². The maximum atomic E-state index is 4.75. The molecule has 0 radical (unpaired) electrons. The van der Waals surface area contributed by atoms with Crippen LogP contribution in [-0.2, 0) is 5.75 Å². The Balaban J connectivity index is 0.00000341. The predicted octanol–water partition coefficient (Wildman–Crippen LogP) is 4.65. The van der Waals surface area contributed by atoms with Crippen LogP contribution in [0.4, 0.5) is 0 Å². The lowest BCUT2D eigenvalue weighted by molar-refractivity contribution is -0.610. The Morgan fingerprint density at radius 2 is 1.48 bits per heavy atom. The lowest BCUT2D eigenvalue weighted by Gasteiger charge is -2.05. The summed E-state index contributed by atoms with van der Waals surface area (Å²) in [6.45, 7) is 2.29. The van der Waals surface area contributed by atoms with Gasteiger partial charge in [0.1, 0.15) is 5.52 Å². The molecule has 0 saturated heterocycles. The molecule has 1 N–H and O–H groups in total. The number of para-hydroxylation sites is 2. The van der Waals surface area contributed by atoms with Gasteiger partial charge in [0.15, 0.2) is 5.52 Å². The molecule has 2 heterocycles. The highest BCUT2D eigenvalue weighted by atomic mass is 35.5. The first-order chi connectivity index (χ1) is 14.9. The predicted molar refractivity (Wildman–Crippen MR) is 133 cm³/mol. The van der Waals surface area contributed by atoms with Crippen LogP contribution in [0.2, 0.25) is 0 Å². The van der Waals surface area contributed by atoms with Gasteiger partial charge in [0.2, 0.25) is 0 Å². The van der Waals surface area contributed by atoms with E-state index in [-0.39, 0.29) is 12.4 Å². The smallest absolute Gasteiger partial charge is 0.402 e. The van der Waals surface area contributed by atoms with Gasteiger partial charge >= 0.3 is 5.95 Å². The number of H-pyrrole nitrogens is 1. The summed E-state index contributed by atoms with van der Waals surface area (Å²) in [6, 6.07) is 14.6. The summed E-state index contributed by atoms with van der Waals surface area (Å²) in [5.74, 6) is 3.13. The Kier molecular flexibility index (Phi) is 13.1. The number of rotatable bonds is 15. The van der Waals surface area contributed by atoms with Crippen molar-refractivity contribution in [3.8, 4) is 5.95 Å². The van der Waals surface area contributed by atoms with Gasteiger partial charge < -0.3 is 12.4 Å². The van der Waals surface area contributed by atoms with Gasteiger partial charge in [-0.2, -0.15) is 0 Å². The van der Waals surface area contributed by atoms with Crippen LogP contribution in [0.1, 0.15) is 76.8 Å². The average Bonchev–Trinajstić information content (AvgIpc) is 3.21. The van der Waals surface area contributed by atoms with Gasteiger partial charge in [0.05, 0.1) is 17.6 Å². The third-order valence-electron chi connectivity index (χ3n) is 5.42. The third kappa shape index (κ3) is 9.07. The normalized spacial score (nSPS) is 11.0. The van der Waals surface area contributed by atoms with Gasteiger partial charge in [-0.05, 0) is 30.7 Å². The van der Waals surface area contributed by atoms with Crippen LogP contribution in [0.25, 0.3) is 17.0 Å². The number of halogens is 1. The molecule has 0 bridgehead atoms. The Labute approximate surface area is 202 Å². The Hall–Kier alpha value is -1.17. The summed E-state index contributed by atoms with van der Waals surface area (Å²) in [4.78, 5) is 8.19. The summed E-state index contributed by atoms with van der Waals surface area (Å²) >= 11 is 0. The number of unbranched alkanes of at least 4 members (excludes halogenated alkanes) is 9. The molecule has 0 unspecified atom stereocenters. The average molecular weight is 478 g/mol. The highest BCUT2D eigenvalue weighted by molar-refractivity contribution is 8.76. The Morgan fingerprint density at radius 3 is 2.23 bits per heavy atom. The largest absolute Gasteiger partial charge is 1.00 e. The van der Waals surface area contributed by atoms with E-state index in [0.29, 0.717) is 0 Å². The number of hydrogen-bond acceptors (Lipinski definition) is 3. The molecule has 0 fully saturated rings. The lowest BCUT2D eigenvalue weighted by Crippen LogP contribution is -3.00. The van der Waals surface area contributed by atoms with Crippen molar-refractivity contribution in [3.63, 3.8) is 0 Å². The molecular weight excluding hydrogens is 442 g/mol. The summed E-state index contributed by atoms with van der Waals surface area (Å²) in [5, 5.41) is 0. The first kappa shape index (κ1) is 26.1. The fraction of sp³-hybridized carbons (Fsp3) is 0.520. The molecule has 0 aliphatic rings. The van der Waals surface area contributed by atoms with Gasteiger partial charge in [0.25, 0.3) is 0 Å². The lowest BCUT2D eigenvalue weighted by atomic mass is 10.1. The Bertz CT molecular complexity index is 836. The van der Waals surface area contributed by atoms with Crippen molar-refractivity contribution in [2.45, 2.75) is 76.9 Å². The zero-order valence-corrected chi connectivity index (χ0v) is 21.1. The quantitative estimate of drug-likeness (QED) is 0.196. The van der Waals surface area contributed by atoms with Crippen LogP contribution >= 0.6 is 21.6 Å². The number of aromatic amines is 1. The molecule has 0 spiro atoms. The molecule has 0 amide bonds. The van der Waals surface area contributed by atoms with E-state index in [9.17, 15) is 0 Å². The van der Waals surface area contributed by atoms with Gasteiger partial charge in [-0.25, -0.2) is 9.55 Å². The van der Waals surface area contributed by atoms with Crippen molar-refractivity contribution in [2.24, 2.45) is 0 Å². The summed E-state index contributed by atoms with van der Waals surface area (Å²) in [5.41, 5.74) is 3.37. The van der Waals surface area contributed by atoms with E-state index in [0.717, 1.165) is 22.7 Å². The van der Waals surface area contributed by atoms with Crippen LogP contribution in [0.5, 0.6) is 0 Å². The molecular formula is C25H36ClN3S2. The highest BCUT2D eigenvalue weighted by Gasteiger charge is 2.16. The summed E-state index contributed by atoms with van der Waals surface area (Å²) in [6.07, 6.45) is 16.1. The van der Waals surface area contributed by atoms with Gasteiger partial charge in [0, 0.05) is 5.75 Å². The van der Waals surface area contributed by atoms with Gasteiger partial charge in [-0.15, -0.1) is 0 Å². The molecule has 1 aromatic carbocycles. The third-order valence-corrected chi connectivity index (χ3v) is 7.81. The molecule has 3 aromatic rings. The van der Waals surface area contributed by atoms with E-state index in [1.807, 2.05) is 33.7 Å². The molecule has 2 aromatic heterocycles. The fourth-order valence-corrected chi connectivity index (χ4v) is 5.86. The molecule has 3 rings (SSSR count). The maximum Gasteiger partial charge on any atom is 0.402 e. The molecule has 0 saturated carbocycles. The fourth-order valence-electron chi connectivity index (χ4n) is 3.67. The molecule has 0 aliphatic carbocycles. The monoisotopic (exact) mass is 477 g/mol. The van der Waals surface area contributed by atoms with E-state index in [2.05, 4.69) is 53.0 Å². The van der Waals surface area contributed by atoms with Crippen molar-refractivity contribution in [2.75, 3.05) is 5.75 Å². The molecule has 6 heteroatoms. The molecule has 31 heavy (non-hydrogen) atoms. The van der Waals surface area contributed by atoms with Crippen molar-refractivity contribution in [1.82, 2.24) is 9.97 Å². The van der Waals surface area contributed by atoms with Crippen molar-refractivity contribution < 1.29 is 17.0 Å². The number of nitrogens with one attached hydrogen (secondary N) is 1. The minimum absolute atomic E-state index is 0. The first-order valence-electron chi connectivity index (χ1n) is 11.6. The molecule has 0 atom stereocenters. The first-order valence-corrected chi connectivity index (χ1v) is 14.1. The maximum absolute atomic E-state index is 4.75. The summed E-state index contributed by atoms with van der Waals surface area (Å²) in [7, 11) is 3.96. The Morgan fingerprint density at radius 1 is 0.806 bits per heavy atom. The van der Waals surface area contributed by atoms with Crippen LogP contribution in [0, 0.1) is 0 Å². The number of fused-ring (bicyclic) bond motifs is 1. The molecule has 0 aliphatic heterocycles. The second-order valence-electron chi connectivity index (χ2n) is 7.91. The van der Waals surface area contributed by atoms with E-state index in [1.165, 1.54) is 75.7 Å². The van der Waals surface area contributed by atoms with Crippen LogP contribution < -0.4 is 17.0 Å². The van der Waals surface area contributed by atoms with E-state index >= 15 is 0 Å². The standard InChI is InChI=1S/C25H36N3S2.ClH/c1-2-3-4-5-6-7-8-9-10-15-20-29-30-21-22-16-13-14-19-28(22)25-26-23-17-11-12-18-24(23)27-25;/h11-14,16-19H,2-10,15,20-21H2,1H3,(H,26,27);1H/q+1;/p-1. The van der Waals surface area contributed by atoms with E-state index in [4.69, 9.17) is 4.98 Å². The van der Waals surface area contributed by atoms with Crippen LogP contribution in [-0.4, -0.2) is 15.7 Å². The zero-order valence-electron chi connectivity index (χ0n) is 18.7. The van der Waals surface area contributed by atoms with Gasteiger partial charge in [-0.1, -0.05) is 109 Å². The highest BCUT2D eigenvalue weighted by Crippen LogP contribution is 2.26. The minimum atomic E-state index is 0. The second kappa shape index (κ2) is 15.6. The number of benzene rings is 1. The summed E-state index contributed by atoms with van der Waals surface area (Å²) < 4.78 is 2.17. The van der Waals surface area contributed by atoms with E-state index < -0.39 is 0 Å². The zero-order chi connectivity index (χ0) is 20.9. The van der Waals surface area contributed by atoms with Crippen LogP contribution in [0.15, 0.2) is 48.7 Å². The van der Waals surface area contributed by atoms with Crippen molar-refractivity contribution in [1.29, 1.82) is 0 Å². The number of aromatic nitrogens is 3. The topological polar surface area (TPSA) is 32.6 Å². The number of imidazole rings is 1.